The molecule has 0 spiro atoms. The Morgan fingerprint density at radius 1 is 1.13 bits per heavy atom. The van der Waals surface area contributed by atoms with Crippen LogP contribution in [0.25, 0.3) is 10.9 Å². The normalized spacial score (nSPS) is 23.6. The summed E-state index contributed by atoms with van der Waals surface area (Å²) in [6.07, 6.45) is 0.821. The van der Waals surface area contributed by atoms with Crippen molar-refractivity contribution in [2.45, 2.75) is 31.7 Å². The van der Waals surface area contributed by atoms with Crippen molar-refractivity contribution in [1.29, 1.82) is 0 Å². The molecule has 2 aromatic carbocycles. The van der Waals surface area contributed by atoms with Crippen molar-refractivity contribution in [1.82, 2.24) is 14.8 Å². The number of nitrogens with zero attached hydrogens (tertiary/aromatic N) is 2. The van der Waals surface area contributed by atoms with Crippen LogP contribution in [-0.2, 0) is 15.1 Å². The lowest BCUT2D eigenvalue weighted by atomic mass is 9.76. The Kier molecular flexibility index (Phi) is 4.40. The highest BCUT2D eigenvalue weighted by atomic mass is 35.5. The zero-order valence-corrected chi connectivity index (χ0v) is 17.9. The number of carbonyl (C=O) groups is 2. The van der Waals surface area contributed by atoms with Gasteiger partial charge in [0.15, 0.2) is 5.54 Å². The van der Waals surface area contributed by atoms with Gasteiger partial charge in [0.05, 0.1) is 12.2 Å². The van der Waals surface area contributed by atoms with Crippen LogP contribution >= 0.6 is 11.6 Å². The molecule has 1 fully saturated rings. The first-order chi connectivity index (χ1) is 14.4. The average molecular weight is 422 g/mol. The Hall–Kier alpha value is -2.79. The van der Waals surface area contributed by atoms with Crippen LogP contribution in [0.4, 0.5) is 0 Å². The van der Waals surface area contributed by atoms with Gasteiger partial charge in [-0.1, -0.05) is 48.9 Å². The predicted octanol–water partition coefficient (Wildman–Crippen LogP) is 4.26. The molecule has 0 bridgehead atoms. The molecule has 6 heteroatoms. The molecule has 2 amide bonds. The van der Waals surface area contributed by atoms with Crippen LogP contribution in [0.15, 0.2) is 48.5 Å². The number of hydrogen-bond donors (Lipinski definition) is 1. The Labute approximate surface area is 180 Å². The number of aromatic amines is 1. The SMILES string of the molecule is CCCN1CC(=O)N2CC(c3ccc(Cl)cc3)c3c([nH]c4ccccc34)[C@@]2(C)C1=O. The van der Waals surface area contributed by atoms with Crippen molar-refractivity contribution in [2.24, 2.45) is 0 Å². The van der Waals surface area contributed by atoms with Crippen LogP contribution in [0.3, 0.4) is 0 Å². The summed E-state index contributed by atoms with van der Waals surface area (Å²) in [4.78, 5) is 33.9. The van der Waals surface area contributed by atoms with E-state index in [1.165, 1.54) is 0 Å². The number of hydrogen-bond acceptors (Lipinski definition) is 2. The number of piperazine rings is 1. The highest BCUT2D eigenvalue weighted by Crippen LogP contribution is 2.48. The van der Waals surface area contributed by atoms with Gasteiger partial charge in [-0.2, -0.15) is 0 Å². The van der Waals surface area contributed by atoms with Gasteiger partial charge in [-0.3, -0.25) is 9.59 Å². The number of fused-ring (bicyclic) bond motifs is 5. The fraction of sp³-hybridized carbons (Fsp3) is 0.333. The lowest BCUT2D eigenvalue weighted by Gasteiger charge is -2.51. The fourth-order valence-corrected chi connectivity index (χ4v) is 5.25. The molecule has 2 atom stereocenters. The molecular formula is C24H24ClN3O2. The third-order valence-corrected chi connectivity index (χ3v) is 6.84. The first-order valence-electron chi connectivity index (χ1n) is 10.4. The Balaban J connectivity index is 1.76. The molecule has 0 aliphatic carbocycles. The number of para-hydroxylation sites is 1. The summed E-state index contributed by atoms with van der Waals surface area (Å²) >= 11 is 6.12. The molecule has 154 valence electrons. The molecule has 1 N–H and O–H groups in total. The van der Waals surface area contributed by atoms with Gasteiger partial charge in [-0.05, 0) is 42.7 Å². The minimum atomic E-state index is -1.03. The van der Waals surface area contributed by atoms with Crippen molar-refractivity contribution in [3.05, 3.63) is 70.4 Å². The number of halogens is 1. The Bertz CT molecular complexity index is 1150. The predicted molar refractivity (Wildman–Crippen MR) is 118 cm³/mol. The molecule has 1 aromatic heterocycles. The second kappa shape index (κ2) is 6.88. The number of aromatic nitrogens is 1. The molecule has 3 aromatic rings. The van der Waals surface area contributed by atoms with Gasteiger partial charge < -0.3 is 14.8 Å². The maximum Gasteiger partial charge on any atom is 0.254 e. The molecule has 5 rings (SSSR count). The van der Waals surface area contributed by atoms with Crippen molar-refractivity contribution < 1.29 is 9.59 Å². The van der Waals surface area contributed by atoms with E-state index in [-0.39, 0.29) is 24.3 Å². The summed E-state index contributed by atoms with van der Waals surface area (Å²) in [5.74, 6) is -0.0453. The van der Waals surface area contributed by atoms with Crippen LogP contribution in [0.2, 0.25) is 5.02 Å². The van der Waals surface area contributed by atoms with E-state index in [1.54, 1.807) is 9.80 Å². The van der Waals surface area contributed by atoms with E-state index >= 15 is 0 Å². The maximum absolute atomic E-state index is 13.6. The summed E-state index contributed by atoms with van der Waals surface area (Å²) < 4.78 is 0. The summed E-state index contributed by atoms with van der Waals surface area (Å²) in [5, 5.41) is 1.78. The van der Waals surface area contributed by atoms with Crippen LogP contribution < -0.4 is 0 Å². The molecule has 2 aliphatic rings. The van der Waals surface area contributed by atoms with Crippen molar-refractivity contribution in [2.75, 3.05) is 19.6 Å². The number of nitrogens with one attached hydrogen (secondary N) is 1. The smallest absolute Gasteiger partial charge is 0.254 e. The van der Waals surface area contributed by atoms with E-state index < -0.39 is 5.54 Å². The van der Waals surface area contributed by atoms with Gasteiger partial charge in [0, 0.05) is 34.9 Å². The van der Waals surface area contributed by atoms with E-state index in [0.717, 1.165) is 34.1 Å². The molecule has 1 saturated heterocycles. The molecule has 5 nitrogen and oxygen atoms in total. The minimum absolute atomic E-state index is 0.00572. The molecular weight excluding hydrogens is 398 g/mol. The van der Waals surface area contributed by atoms with Gasteiger partial charge in [0.25, 0.3) is 5.91 Å². The third kappa shape index (κ3) is 2.61. The first-order valence-corrected chi connectivity index (χ1v) is 10.8. The number of carbonyl (C=O) groups excluding carboxylic acids is 2. The monoisotopic (exact) mass is 421 g/mol. The zero-order valence-electron chi connectivity index (χ0n) is 17.1. The lowest BCUT2D eigenvalue weighted by molar-refractivity contribution is -0.166. The van der Waals surface area contributed by atoms with Gasteiger partial charge in [-0.25, -0.2) is 0 Å². The quantitative estimate of drug-likeness (QED) is 0.686. The van der Waals surface area contributed by atoms with Gasteiger partial charge in [-0.15, -0.1) is 0 Å². The van der Waals surface area contributed by atoms with Crippen LogP contribution in [0.5, 0.6) is 0 Å². The van der Waals surface area contributed by atoms with Gasteiger partial charge in [0.2, 0.25) is 5.91 Å². The highest BCUT2D eigenvalue weighted by molar-refractivity contribution is 6.30. The minimum Gasteiger partial charge on any atom is -0.356 e. The number of benzene rings is 2. The maximum atomic E-state index is 13.6. The van der Waals surface area contributed by atoms with E-state index in [1.807, 2.05) is 56.3 Å². The van der Waals surface area contributed by atoms with E-state index in [0.29, 0.717) is 18.1 Å². The topological polar surface area (TPSA) is 56.4 Å². The molecule has 3 heterocycles. The number of amides is 2. The molecule has 0 saturated carbocycles. The van der Waals surface area contributed by atoms with Gasteiger partial charge >= 0.3 is 0 Å². The zero-order chi connectivity index (χ0) is 21.0. The number of H-pyrrole nitrogens is 1. The van der Waals surface area contributed by atoms with Crippen molar-refractivity contribution >= 4 is 34.3 Å². The Morgan fingerprint density at radius 2 is 1.87 bits per heavy atom. The second-order valence-corrected chi connectivity index (χ2v) is 8.80. The Morgan fingerprint density at radius 3 is 2.60 bits per heavy atom. The third-order valence-electron chi connectivity index (χ3n) is 6.58. The standard InChI is InChI=1S/C24H24ClN3O2/c1-3-12-27-14-20(29)28-13-18(15-8-10-16(25)11-9-15)21-17-6-4-5-7-19(17)26-22(21)24(28,2)23(27)30/h4-11,18,26H,3,12-14H2,1-2H3/t18?,24-/m0/s1. The average Bonchev–Trinajstić information content (AvgIpc) is 3.14. The lowest BCUT2D eigenvalue weighted by Crippen LogP contribution is -2.67. The number of rotatable bonds is 3. The largest absolute Gasteiger partial charge is 0.356 e. The molecule has 0 radical (unpaired) electrons. The first kappa shape index (κ1) is 19.2. The van der Waals surface area contributed by atoms with Crippen LogP contribution in [0, 0.1) is 0 Å². The molecule has 1 unspecified atom stereocenters. The van der Waals surface area contributed by atoms with E-state index in [2.05, 4.69) is 11.1 Å². The van der Waals surface area contributed by atoms with Crippen molar-refractivity contribution in [3.63, 3.8) is 0 Å². The second-order valence-electron chi connectivity index (χ2n) is 8.37. The van der Waals surface area contributed by atoms with Crippen molar-refractivity contribution in [3.8, 4) is 0 Å². The summed E-state index contributed by atoms with van der Waals surface area (Å²) in [6, 6.07) is 15.9. The summed E-state index contributed by atoms with van der Waals surface area (Å²) in [5.41, 5.74) is 2.98. The summed E-state index contributed by atoms with van der Waals surface area (Å²) in [6.45, 7) is 5.12. The van der Waals surface area contributed by atoms with Crippen LogP contribution in [-0.4, -0.2) is 46.2 Å². The fourth-order valence-electron chi connectivity index (χ4n) is 5.12. The molecule has 30 heavy (non-hydrogen) atoms. The van der Waals surface area contributed by atoms with E-state index in [9.17, 15) is 9.59 Å². The van der Waals surface area contributed by atoms with E-state index in [4.69, 9.17) is 11.6 Å². The molecule has 2 aliphatic heterocycles. The highest BCUT2D eigenvalue weighted by Gasteiger charge is 2.55. The summed E-state index contributed by atoms with van der Waals surface area (Å²) in [7, 11) is 0. The van der Waals surface area contributed by atoms with Crippen LogP contribution in [0.1, 0.15) is 43.0 Å². The van der Waals surface area contributed by atoms with Gasteiger partial charge in [0.1, 0.15) is 0 Å².